The van der Waals surface area contributed by atoms with Gasteiger partial charge in [0.25, 0.3) is 5.91 Å². The number of para-hydroxylation sites is 1. The molecule has 0 aliphatic carbocycles. The van der Waals surface area contributed by atoms with E-state index in [1.165, 1.54) is 4.90 Å². The Morgan fingerprint density at radius 2 is 1.90 bits per heavy atom. The number of hydrogen-bond acceptors (Lipinski definition) is 4. The standard InChI is InChI=1S/C13H16N2O4S/c1-9-13(17)15(7-8-20(2,18)19)11-6-4-3-5-10(11)12(16)14-9/h3-6,9H,7-8H2,1-2H3,(H,14,16). The molecule has 0 bridgehead atoms. The third-order valence-corrected chi connectivity index (χ3v) is 4.03. The van der Waals surface area contributed by atoms with Crippen LogP contribution in [0.2, 0.25) is 0 Å². The smallest absolute Gasteiger partial charge is 0.254 e. The minimum Gasteiger partial charge on any atom is -0.340 e. The number of fused-ring (bicyclic) bond motifs is 1. The van der Waals surface area contributed by atoms with Crippen molar-refractivity contribution in [3.05, 3.63) is 29.8 Å². The summed E-state index contributed by atoms with van der Waals surface area (Å²) in [6.07, 6.45) is 1.12. The normalized spacial score (nSPS) is 19.3. The van der Waals surface area contributed by atoms with Crippen LogP contribution in [0, 0.1) is 0 Å². The van der Waals surface area contributed by atoms with Crippen molar-refractivity contribution in [3.8, 4) is 0 Å². The fourth-order valence-corrected chi connectivity index (χ4v) is 2.59. The van der Waals surface area contributed by atoms with Gasteiger partial charge in [0.15, 0.2) is 0 Å². The monoisotopic (exact) mass is 296 g/mol. The number of sulfone groups is 1. The molecule has 1 aromatic rings. The molecule has 2 amide bonds. The van der Waals surface area contributed by atoms with Gasteiger partial charge >= 0.3 is 0 Å². The van der Waals surface area contributed by atoms with Gasteiger partial charge in [0.05, 0.1) is 17.0 Å². The highest BCUT2D eigenvalue weighted by atomic mass is 32.2. The summed E-state index contributed by atoms with van der Waals surface area (Å²) in [6, 6.07) is 5.99. The van der Waals surface area contributed by atoms with Crippen molar-refractivity contribution in [1.82, 2.24) is 5.32 Å². The molecular formula is C13H16N2O4S. The number of carbonyl (C=O) groups excluding carboxylic acids is 2. The summed E-state index contributed by atoms with van der Waals surface area (Å²) in [6.45, 7) is 1.62. The Hall–Kier alpha value is -1.89. The number of amides is 2. The number of carbonyl (C=O) groups is 2. The molecule has 1 aromatic carbocycles. The highest BCUT2D eigenvalue weighted by molar-refractivity contribution is 7.90. The van der Waals surface area contributed by atoms with Gasteiger partial charge in [-0.15, -0.1) is 0 Å². The number of rotatable bonds is 3. The van der Waals surface area contributed by atoms with E-state index in [2.05, 4.69) is 5.32 Å². The van der Waals surface area contributed by atoms with Gasteiger partial charge in [-0.3, -0.25) is 9.59 Å². The molecule has 0 saturated carbocycles. The second-order valence-corrected chi connectivity index (χ2v) is 7.09. The van der Waals surface area contributed by atoms with Crippen LogP contribution in [-0.2, 0) is 14.6 Å². The van der Waals surface area contributed by atoms with Gasteiger partial charge in [-0.1, -0.05) is 12.1 Å². The van der Waals surface area contributed by atoms with Gasteiger partial charge < -0.3 is 10.2 Å². The Labute approximate surface area is 117 Å². The zero-order chi connectivity index (χ0) is 14.9. The average molecular weight is 296 g/mol. The number of nitrogens with zero attached hydrogens (tertiary/aromatic N) is 1. The van der Waals surface area contributed by atoms with E-state index in [4.69, 9.17) is 0 Å². The molecule has 2 rings (SSSR count). The van der Waals surface area contributed by atoms with Gasteiger partial charge in [0.1, 0.15) is 15.9 Å². The van der Waals surface area contributed by atoms with Crippen LogP contribution >= 0.6 is 0 Å². The Kier molecular flexibility index (Phi) is 3.80. The third-order valence-electron chi connectivity index (χ3n) is 3.11. The molecule has 108 valence electrons. The van der Waals surface area contributed by atoms with Crippen molar-refractivity contribution in [3.63, 3.8) is 0 Å². The maximum Gasteiger partial charge on any atom is 0.254 e. The van der Waals surface area contributed by atoms with Gasteiger partial charge in [0, 0.05) is 12.8 Å². The maximum absolute atomic E-state index is 12.3. The van der Waals surface area contributed by atoms with E-state index < -0.39 is 15.9 Å². The van der Waals surface area contributed by atoms with Crippen LogP contribution in [-0.4, -0.2) is 44.8 Å². The van der Waals surface area contributed by atoms with Crippen LogP contribution in [0.3, 0.4) is 0 Å². The number of anilines is 1. The van der Waals surface area contributed by atoms with Crippen molar-refractivity contribution in [2.75, 3.05) is 23.5 Å². The molecule has 1 aliphatic rings. The highest BCUT2D eigenvalue weighted by Crippen LogP contribution is 2.24. The minimum absolute atomic E-state index is 0.0357. The van der Waals surface area contributed by atoms with Gasteiger partial charge in [-0.25, -0.2) is 8.42 Å². The van der Waals surface area contributed by atoms with Crippen molar-refractivity contribution in [2.45, 2.75) is 13.0 Å². The molecule has 1 aliphatic heterocycles. The Balaban J connectivity index is 2.43. The summed E-state index contributed by atoms with van der Waals surface area (Å²) in [5.41, 5.74) is 0.821. The van der Waals surface area contributed by atoms with Crippen molar-refractivity contribution in [2.24, 2.45) is 0 Å². The molecule has 1 atom stereocenters. The zero-order valence-corrected chi connectivity index (χ0v) is 12.1. The van der Waals surface area contributed by atoms with Crippen LogP contribution in [0.25, 0.3) is 0 Å². The van der Waals surface area contributed by atoms with E-state index >= 15 is 0 Å². The van der Waals surface area contributed by atoms with Crippen LogP contribution in [0.4, 0.5) is 5.69 Å². The van der Waals surface area contributed by atoms with E-state index in [1.807, 2.05) is 0 Å². The van der Waals surface area contributed by atoms with Crippen LogP contribution < -0.4 is 10.2 Å². The lowest BCUT2D eigenvalue weighted by Crippen LogP contribution is -2.45. The lowest BCUT2D eigenvalue weighted by molar-refractivity contribution is -0.119. The highest BCUT2D eigenvalue weighted by Gasteiger charge is 2.31. The largest absolute Gasteiger partial charge is 0.340 e. The number of hydrogen-bond donors (Lipinski definition) is 1. The van der Waals surface area contributed by atoms with Crippen LogP contribution in [0.1, 0.15) is 17.3 Å². The molecule has 7 heteroatoms. The summed E-state index contributed by atoms with van der Waals surface area (Å²) in [5, 5.41) is 2.60. The van der Waals surface area contributed by atoms with Gasteiger partial charge in [0.2, 0.25) is 5.91 Å². The topological polar surface area (TPSA) is 83.6 Å². The molecule has 1 N–H and O–H groups in total. The number of benzene rings is 1. The Morgan fingerprint density at radius 1 is 1.25 bits per heavy atom. The van der Waals surface area contributed by atoms with Crippen molar-refractivity contribution < 1.29 is 18.0 Å². The van der Waals surface area contributed by atoms with E-state index in [0.717, 1.165) is 6.26 Å². The van der Waals surface area contributed by atoms with E-state index in [9.17, 15) is 18.0 Å². The van der Waals surface area contributed by atoms with Crippen molar-refractivity contribution >= 4 is 27.3 Å². The first-order chi connectivity index (χ1) is 9.29. The first kappa shape index (κ1) is 14.5. The molecule has 20 heavy (non-hydrogen) atoms. The van der Waals surface area contributed by atoms with E-state index in [1.54, 1.807) is 31.2 Å². The molecular weight excluding hydrogens is 280 g/mol. The van der Waals surface area contributed by atoms with Gasteiger partial charge in [-0.05, 0) is 19.1 Å². The molecule has 0 spiro atoms. The van der Waals surface area contributed by atoms with E-state index in [0.29, 0.717) is 11.3 Å². The van der Waals surface area contributed by atoms with Crippen molar-refractivity contribution in [1.29, 1.82) is 0 Å². The zero-order valence-electron chi connectivity index (χ0n) is 11.3. The summed E-state index contributed by atoms with van der Waals surface area (Å²) >= 11 is 0. The molecule has 1 unspecified atom stereocenters. The fraction of sp³-hybridized carbons (Fsp3) is 0.385. The quantitative estimate of drug-likeness (QED) is 0.863. The summed E-state index contributed by atoms with van der Waals surface area (Å²) < 4.78 is 22.6. The second kappa shape index (κ2) is 5.24. The summed E-state index contributed by atoms with van der Waals surface area (Å²) in [4.78, 5) is 25.6. The first-order valence-electron chi connectivity index (χ1n) is 6.18. The van der Waals surface area contributed by atoms with Gasteiger partial charge in [-0.2, -0.15) is 0 Å². The van der Waals surface area contributed by atoms with Crippen LogP contribution in [0.15, 0.2) is 24.3 Å². The molecule has 0 aromatic heterocycles. The molecule has 1 heterocycles. The minimum atomic E-state index is -3.19. The lowest BCUT2D eigenvalue weighted by atomic mass is 10.1. The summed E-state index contributed by atoms with van der Waals surface area (Å²) in [5.74, 6) is -0.788. The molecule has 0 saturated heterocycles. The SMILES string of the molecule is CC1NC(=O)c2ccccc2N(CCS(C)(=O)=O)C1=O. The first-order valence-corrected chi connectivity index (χ1v) is 8.24. The predicted octanol–water partition coefficient (Wildman–Crippen LogP) is 0.196. The fourth-order valence-electron chi connectivity index (χ4n) is 2.08. The number of nitrogens with one attached hydrogen (secondary N) is 1. The summed E-state index contributed by atoms with van der Waals surface area (Å²) in [7, 11) is -3.19. The molecule has 0 radical (unpaired) electrons. The van der Waals surface area contributed by atoms with E-state index in [-0.39, 0.29) is 24.1 Å². The predicted molar refractivity (Wildman–Crippen MR) is 75.4 cm³/mol. The average Bonchev–Trinajstić information content (AvgIpc) is 2.45. The Bertz CT molecular complexity index is 654. The Morgan fingerprint density at radius 3 is 2.55 bits per heavy atom. The van der Waals surface area contributed by atoms with Crippen LogP contribution in [0.5, 0.6) is 0 Å². The molecule has 0 fully saturated rings. The lowest BCUT2D eigenvalue weighted by Gasteiger charge is -2.23. The maximum atomic E-state index is 12.3. The third kappa shape index (κ3) is 2.98. The molecule has 6 nitrogen and oxygen atoms in total. The second-order valence-electron chi connectivity index (χ2n) is 4.83.